The van der Waals surface area contributed by atoms with Crippen molar-refractivity contribution in [3.63, 3.8) is 0 Å². The van der Waals surface area contributed by atoms with Crippen LogP contribution in [0.2, 0.25) is 0 Å². The van der Waals surface area contributed by atoms with E-state index in [-0.39, 0.29) is 0 Å². The van der Waals surface area contributed by atoms with Crippen LogP contribution in [0.4, 0.5) is 0 Å². The number of nitrogens with two attached hydrogens (primary N) is 2. The smallest absolute Gasteiger partial charge is 0.206 e. The lowest BCUT2D eigenvalue weighted by Gasteiger charge is -2.35. The van der Waals surface area contributed by atoms with Gasteiger partial charge in [-0.1, -0.05) is 18.6 Å². The summed E-state index contributed by atoms with van der Waals surface area (Å²) in [7, 11) is 0. The number of hydrogen-bond donors (Lipinski definition) is 2. The summed E-state index contributed by atoms with van der Waals surface area (Å²) in [5.74, 6) is -0.625. The van der Waals surface area contributed by atoms with Crippen LogP contribution in [0, 0.1) is 0 Å². The summed E-state index contributed by atoms with van der Waals surface area (Å²) < 4.78 is 0. The van der Waals surface area contributed by atoms with Crippen LogP contribution < -0.4 is 11.5 Å². The number of nitrogens with zero attached hydrogens (tertiary/aromatic N) is 4. The molecule has 4 N–H and O–H groups in total. The predicted octanol–water partition coefficient (Wildman–Crippen LogP) is 1.78. The average molecular weight is 304 g/mol. The van der Waals surface area contributed by atoms with E-state index >= 15 is 0 Å². The summed E-state index contributed by atoms with van der Waals surface area (Å²) in [5, 5.41) is 7.80. The Hall–Kier alpha value is -1.70. The number of likely N-dealkylation sites (tertiary alicyclic amines) is 1. The molecule has 1 saturated heterocycles. The first-order chi connectivity index (χ1) is 10.1. The SMILES string of the molecule is NC(=S)c1cccnc1.NC1(N2CCCCC2)C=CN=N1. The van der Waals surface area contributed by atoms with E-state index in [1.165, 1.54) is 19.3 Å². The molecule has 2 aliphatic heterocycles. The van der Waals surface area contributed by atoms with Gasteiger partial charge in [0, 0.05) is 31.0 Å². The van der Waals surface area contributed by atoms with E-state index in [0.717, 1.165) is 18.7 Å². The van der Waals surface area contributed by atoms with Crippen molar-refractivity contribution < 1.29 is 0 Å². The van der Waals surface area contributed by atoms with Crippen LogP contribution in [-0.4, -0.2) is 33.7 Å². The fourth-order valence-corrected chi connectivity index (χ4v) is 2.35. The predicted molar refractivity (Wildman–Crippen MR) is 86.5 cm³/mol. The zero-order valence-electron chi connectivity index (χ0n) is 11.9. The van der Waals surface area contributed by atoms with Gasteiger partial charge in [0.05, 0.1) is 6.20 Å². The van der Waals surface area contributed by atoms with Gasteiger partial charge in [-0.15, -0.1) is 5.11 Å². The summed E-state index contributed by atoms with van der Waals surface area (Å²) >= 11 is 4.70. The third-order valence-corrected chi connectivity index (χ3v) is 3.65. The minimum absolute atomic E-state index is 0.392. The molecule has 0 amide bonds. The first-order valence-electron chi connectivity index (χ1n) is 6.95. The molecule has 0 aliphatic carbocycles. The molecule has 0 spiro atoms. The summed E-state index contributed by atoms with van der Waals surface area (Å²) in [4.78, 5) is 6.41. The van der Waals surface area contributed by atoms with E-state index in [1.54, 1.807) is 24.7 Å². The summed E-state index contributed by atoms with van der Waals surface area (Å²) in [6, 6.07) is 3.63. The van der Waals surface area contributed by atoms with Gasteiger partial charge in [-0.3, -0.25) is 15.6 Å². The molecule has 21 heavy (non-hydrogen) atoms. The summed E-state index contributed by atoms with van der Waals surface area (Å²) in [5.41, 5.74) is 12.1. The van der Waals surface area contributed by atoms with Gasteiger partial charge < -0.3 is 5.73 Å². The number of pyridine rings is 1. The fraction of sp³-hybridized carbons (Fsp3) is 0.429. The lowest BCUT2D eigenvalue weighted by molar-refractivity contribution is 0.114. The maximum absolute atomic E-state index is 6.01. The van der Waals surface area contributed by atoms with Gasteiger partial charge in [-0.05, 0) is 31.1 Å². The van der Waals surface area contributed by atoms with Gasteiger partial charge in [-0.25, -0.2) is 0 Å². The monoisotopic (exact) mass is 304 g/mol. The molecule has 1 fully saturated rings. The molecule has 1 atom stereocenters. The number of piperidine rings is 1. The summed E-state index contributed by atoms with van der Waals surface area (Å²) in [6.45, 7) is 2.08. The molecule has 0 radical (unpaired) electrons. The second kappa shape index (κ2) is 7.35. The molecule has 3 heterocycles. The molecule has 6 nitrogen and oxygen atoms in total. The Morgan fingerprint density at radius 2 is 2.05 bits per heavy atom. The van der Waals surface area contributed by atoms with Crippen LogP contribution in [0.5, 0.6) is 0 Å². The molecule has 0 aromatic carbocycles. The van der Waals surface area contributed by atoms with Crippen molar-refractivity contribution in [1.82, 2.24) is 9.88 Å². The largest absolute Gasteiger partial charge is 0.389 e. The highest BCUT2D eigenvalue weighted by atomic mass is 32.1. The Bertz CT molecular complexity index is 510. The van der Waals surface area contributed by atoms with Crippen LogP contribution in [0.3, 0.4) is 0 Å². The first kappa shape index (κ1) is 15.7. The first-order valence-corrected chi connectivity index (χ1v) is 7.36. The Morgan fingerprint density at radius 1 is 1.29 bits per heavy atom. The second-order valence-electron chi connectivity index (χ2n) is 4.97. The van der Waals surface area contributed by atoms with Crippen molar-refractivity contribution in [2.45, 2.75) is 25.0 Å². The Kier molecular flexibility index (Phi) is 5.49. The summed E-state index contributed by atoms with van der Waals surface area (Å²) in [6.07, 6.45) is 10.6. The minimum atomic E-state index is -0.625. The van der Waals surface area contributed by atoms with Crippen molar-refractivity contribution in [2.24, 2.45) is 21.7 Å². The van der Waals surface area contributed by atoms with Gasteiger partial charge in [-0.2, -0.15) is 5.11 Å². The van der Waals surface area contributed by atoms with Crippen molar-refractivity contribution in [3.8, 4) is 0 Å². The van der Waals surface area contributed by atoms with Gasteiger partial charge in [0.1, 0.15) is 4.99 Å². The van der Waals surface area contributed by atoms with Crippen molar-refractivity contribution in [2.75, 3.05) is 13.1 Å². The van der Waals surface area contributed by atoms with Crippen LogP contribution >= 0.6 is 12.2 Å². The Morgan fingerprint density at radius 3 is 2.52 bits per heavy atom. The van der Waals surface area contributed by atoms with Crippen molar-refractivity contribution in [1.29, 1.82) is 0 Å². The lowest BCUT2D eigenvalue weighted by atomic mass is 10.1. The van der Waals surface area contributed by atoms with Gasteiger partial charge >= 0.3 is 0 Å². The second-order valence-corrected chi connectivity index (χ2v) is 5.41. The van der Waals surface area contributed by atoms with E-state index in [2.05, 4.69) is 20.1 Å². The number of azo groups is 1. The molecule has 7 heteroatoms. The van der Waals surface area contributed by atoms with Crippen molar-refractivity contribution in [3.05, 3.63) is 42.4 Å². The zero-order chi connectivity index (χ0) is 15.1. The fourth-order valence-electron chi connectivity index (χ4n) is 2.23. The lowest BCUT2D eigenvalue weighted by Crippen LogP contribution is -2.54. The number of hydrogen-bond acceptors (Lipinski definition) is 6. The molecule has 2 aliphatic rings. The maximum Gasteiger partial charge on any atom is 0.206 e. The quantitative estimate of drug-likeness (QED) is 0.812. The molecule has 1 aromatic heterocycles. The number of rotatable bonds is 2. The van der Waals surface area contributed by atoms with Crippen LogP contribution in [0.15, 0.2) is 47.0 Å². The van der Waals surface area contributed by atoms with Crippen LogP contribution in [0.25, 0.3) is 0 Å². The highest BCUT2D eigenvalue weighted by Crippen LogP contribution is 2.22. The minimum Gasteiger partial charge on any atom is -0.389 e. The van der Waals surface area contributed by atoms with Gasteiger partial charge in [0.25, 0.3) is 0 Å². The van der Waals surface area contributed by atoms with Gasteiger partial charge in [0.2, 0.25) is 5.79 Å². The standard InChI is InChI=1S/C8H14N4.C6H6N2S/c9-8(4-5-10-11-8)12-6-2-1-3-7-12;7-6(9)5-2-1-3-8-4-5/h4-5H,1-3,6-7,9H2;1-4H,(H2,7,9). The zero-order valence-corrected chi connectivity index (χ0v) is 12.7. The van der Waals surface area contributed by atoms with Crippen LogP contribution in [-0.2, 0) is 0 Å². The highest BCUT2D eigenvalue weighted by molar-refractivity contribution is 7.80. The molecule has 112 valence electrons. The highest BCUT2D eigenvalue weighted by Gasteiger charge is 2.32. The van der Waals surface area contributed by atoms with E-state index in [1.807, 2.05) is 12.1 Å². The van der Waals surface area contributed by atoms with E-state index in [4.69, 9.17) is 23.7 Å². The van der Waals surface area contributed by atoms with E-state index in [0.29, 0.717) is 4.99 Å². The molecule has 1 unspecified atom stereocenters. The average Bonchev–Trinajstić information content (AvgIpc) is 2.98. The normalized spacial score (nSPS) is 24.4. The molecule has 1 aromatic rings. The van der Waals surface area contributed by atoms with Crippen LogP contribution in [0.1, 0.15) is 24.8 Å². The number of thiocarbonyl (C=S) groups is 1. The van der Waals surface area contributed by atoms with Gasteiger partial charge in [0.15, 0.2) is 0 Å². The Labute approximate surface area is 129 Å². The molecule has 3 rings (SSSR count). The molecule has 0 bridgehead atoms. The number of aromatic nitrogens is 1. The molecular weight excluding hydrogens is 284 g/mol. The third kappa shape index (κ3) is 4.38. The third-order valence-electron chi connectivity index (χ3n) is 3.41. The Balaban J connectivity index is 0.000000161. The molecule has 0 saturated carbocycles. The van der Waals surface area contributed by atoms with Crippen molar-refractivity contribution >= 4 is 17.2 Å². The maximum atomic E-state index is 6.01. The molecular formula is C14H20N6S. The topological polar surface area (TPSA) is 92.9 Å². The van der Waals surface area contributed by atoms with E-state index < -0.39 is 5.79 Å². The van der Waals surface area contributed by atoms with E-state index in [9.17, 15) is 0 Å².